The molecule has 0 aromatic rings. The summed E-state index contributed by atoms with van der Waals surface area (Å²) >= 11 is 0. The van der Waals surface area contributed by atoms with Crippen LogP contribution < -0.4 is 0 Å². The van der Waals surface area contributed by atoms with Crippen molar-refractivity contribution >= 4 is 11.9 Å². The quantitative estimate of drug-likeness (QED) is 0.427. The molecule has 0 heterocycles. The summed E-state index contributed by atoms with van der Waals surface area (Å²) in [5, 5.41) is 0. The maximum atomic E-state index is 11.8. The summed E-state index contributed by atoms with van der Waals surface area (Å²) in [6.45, 7) is 12.6. The van der Waals surface area contributed by atoms with Crippen molar-refractivity contribution in [3.8, 4) is 0 Å². The molecule has 142 valence electrons. The van der Waals surface area contributed by atoms with Crippen LogP contribution in [-0.2, 0) is 19.1 Å². The van der Waals surface area contributed by atoms with Gasteiger partial charge in [-0.15, -0.1) is 0 Å². The van der Waals surface area contributed by atoms with E-state index < -0.39 is 0 Å². The molecule has 24 heavy (non-hydrogen) atoms. The minimum absolute atomic E-state index is 0.0813. The Morgan fingerprint density at radius 3 is 1.25 bits per heavy atom. The lowest BCUT2D eigenvalue weighted by Crippen LogP contribution is -2.19. The molecular weight excluding hydrogens is 304 g/mol. The average Bonchev–Trinajstić information content (AvgIpc) is 2.44. The van der Waals surface area contributed by atoms with E-state index in [2.05, 4.69) is 27.7 Å². The van der Waals surface area contributed by atoms with Crippen LogP contribution in [0, 0.1) is 11.8 Å². The largest absolute Gasteiger partial charge is 0.463 e. The van der Waals surface area contributed by atoms with Crippen LogP contribution in [0.25, 0.3) is 0 Å². The van der Waals surface area contributed by atoms with Gasteiger partial charge in [0.15, 0.2) is 0 Å². The average molecular weight is 343 g/mol. The van der Waals surface area contributed by atoms with E-state index in [1.54, 1.807) is 0 Å². The molecule has 0 radical (unpaired) electrons. The van der Waals surface area contributed by atoms with Crippen molar-refractivity contribution in [3.05, 3.63) is 0 Å². The van der Waals surface area contributed by atoms with Crippen LogP contribution >= 0.6 is 0 Å². The van der Waals surface area contributed by atoms with Crippen LogP contribution in [0.1, 0.15) is 92.9 Å². The molecule has 0 bridgehead atoms. The molecule has 0 saturated heterocycles. The first-order chi connectivity index (χ1) is 11.2. The summed E-state index contributed by atoms with van der Waals surface area (Å²) < 4.78 is 10.7. The highest BCUT2D eigenvalue weighted by molar-refractivity contribution is 5.77. The Balaban J connectivity index is 3.78. The van der Waals surface area contributed by atoms with Gasteiger partial charge in [-0.2, -0.15) is 0 Å². The molecule has 0 N–H and O–H groups in total. The van der Waals surface area contributed by atoms with Crippen molar-refractivity contribution in [2.24, 2.45) is 11.8 Å². The van der Waals surface area contributed by atoms with Gasteiger partial charge in [-0.25, -0.2) is 0 Å². The SMILES string of the molecule is CC(C)CCCC(C)OC(=O)CCC(=O)OC(C)CCCC(C)C. The second-order valence-corrected chi connectivity index (χ2v) is 7.75. The fourth-order valence-corrected chi connectivity index (χ4v) is 2.52. The van der Waals surface area contributed by atoms with E-state index in [1.165, 1.54) is 0 Å². The van der Waals surface area contributed by atoms with Gasteiger partial charge in [0.25, 0.3) is 0 Å². The van der Waals surface area contributed by atoms with Gasteiger partial charge in [0.1, 0.15) is 0 Å². The molecular formula is C20H38O4. The zero-order chi connectivity index (χ0) is 18.5. The van der Waals surface area contributed by atoms with E-state index >= 15 is 0 Å². The van der Waals surface area contributed by atoms with Gasteiger partial charge < -0.3 is 9.47 Å². The molecule has 0 aromatic heterocycles. The zero-order valence-corrected chi connectivity index (χ0v) is 16.6. The second-order valence-electron chi connectivity index (χ2n) is 7.75. The van der Waals surface area contributed by atoms with Crippen LogP contribution in [0.4, 0.5) is 0 Å². The predicted octanol–water partition coefficient (Wildman–Crippen LogP) is 5.28. The first-order valence-electron chi connectivity index (χ1n) is 9.59. The van der Waals surface area contributed by atoms with Crippen LogP contribution in [-0.4, -0.2) is 24.1 Å². The highest BCUT2D eigenvalue weighted by Crippen LogP contribution is 2.13. The lowest BCUT2D eigenvalue weighted by atomic mass is 10.0. The summed E-state index contributed by atoms with van der Waals surface area (Å²) in [6.07, 6.45) is 6.20. The van der Waals surface area contributed by atoms with Crippen molar-refractivity contribution in [3.63, 3.8) is 0 Å². The molecule has 2 atom stereocenters. The van der Waals surface area contributed by atoms with E-state index in [4.69, 9.17) is 9.47 Å². The Bertz CT molecular complexity index is 316. The Morgan fingerprint density at radius 1 is 0.625 bits per heavy atom. The Hall–Kier alpha value is -1.06. The summed E-state index contributed by atoms with van der Waals surface area (Å²) in [5.41, 5.74) is 0. The van der Waals surface area contributed by atoms with Crippen LogP contribution in [0.2, 0.25) is 0 Å². The minimum atomic E-state index is -0.309. The smallest absolute Gasteiger partial charge is 0.306 e. The standard InChI is InChI=1S/C20H38O4/c1-15(2)9-7-11-17(5)23-19(21)13-14-20(22)24-18(6)12-8-10-16(3)4/h15-18H,7-14H2,1-6H3. The molecule has 0 aromatic carbocycles. The molecule has 0 saturated carbocycles. The van der Waals surface area contributed by atoms with E-state index in [0.717, 1.165) is 38.5 Å². The number of hydrogen-bond donors (Lipinski definition) is 0. The second kappa shape index (κ2) is 13.3. The Kier molecular flexibility index (Phi) is 12.7. The van der Waals surface area contributed by atoms with Gasteiger partial charge >= 0.3 is 11.9 Å². The molecule has 4 heteroatoms. The maximum Gasteiger partial charge on any atom is 0.306 e. The number of esters is 2. The molecule has 0 fully saturated rings. The van der Waals surface area contributed by atoms with E-state index in [1.807, 2.05) is 13.8 Å². The van der Waals surface area contributed by atoms with Crippen LogP contribution in [0.5, 0.6) is 0 Å². The van der Waals surface area contributed by atoms with Gasteiger partial charge in [0.2, 0.25) is 0 Å². The Labute approximate surface area is 148 Å². The van der Waals surface area contributed by atoms with E-state index in [9.17, 15) is 9.59 Å². The fraction of sp³-hybridized carbons (Fsp3) is 0.900. The predicted molar refractivity (Wildman–Crippen MR) is 97.7 cm³/mol. The van der Waals surface area contributed by atoms with Gasteiger partial charge in [-0.3, -0.25) is 9.59 Å². The molecule has 0 aliphatic heterocycles. The van der Waals surface area contributed by atoms with E-state index in [0.29, 0.717) is 11.8 Å². The number of carbonyl (C=O) groups is 2. The number of carbonyl (C=O) groups excluding carboxylic acids is 2. The summed E-state index contributed by atoms with van der Waals surface area (Å²) in [7, 11) is 0. The van der Waals surface area contributed by atoms with Crippen LogP contribution in [0.15, 0.2) is 0 Å². The molecule has 4 nitrogen and oxygen atoms in total. The molecule has 0 aliphatic rings. The van der Waals surface area contributed by atoms with Gasteiger partial charge in [0.05, 0.1) is 25.0 Å². The lowest BCUT2D eigenvalue weighted by molar-refractivity contribution is -0.155. The first kappa shape index (κ1) is 22.9. The topological polar surface area (TPSA) is 52.6 Å². The summed E-state index contributed by atoms with van der Waals surface area (Å²) in [4.78, 5) is 23.5. The van der Waals surface area contributed by atoms with Crippen molar-refractivity contribution in [2.75, 3.05) is 0 Å². The molecule has 0 aliphatic carbocycles. The van der Waals surface area contributed by atoms with Crippen molar-refractivity contribution in [2.45, 2.75) is 105 Å². The Morgan fingerprint density at radius 2 is 0.958 bits per heavy atom. The minimum Gasteiger partial charge on any atom is -0.463 e. The number of rotatable bonds is 13. The maximum absolute atomic E-state index is 11.8. The van der Waals surface area contributed by atoms with Crippen molar-refractivity contribution in [1.29, 1.82) is 0 Å². The van der Waals surface area contributed by atoms with Gasteiger partial charge in [-0.05, 0) is 51.4 Å². The molecule has 0 rings (SSSR count). The lowest BCUT2D eigenvalue weighted by Gasteiger charge is -2.15. The van der Waals surface area contributed by atoms with Crippen molar-refractivity contribution < 1.29 is 19.1 Å². The molecule has 0 amide bonds. The summed E-state index contributed by atoms with van der Waals surface area (Å²) in [5.74, 6) is 0.725. The molecule has 0 spiro atoms. The van der Waals surface area contributed by atoms with Gasteiger partial charge in [-0.1, -0.05) is 40.5 Å². The highest BCUT2D eigenvalue weighted by atomic mass is 16.5. The number of ether oxygens (including phenoxy) is 2. The third-order valence-corrected chi connectivity index (χ3v) is 3.98. The third-order valence-electron chi connectivity index (χ3n) is 3.98. The first-order valence-corrected chi connectivity index (χ1v) is 9.59. The highest BCUT2D eigenvalue weighted by Gasteiger charge is 2.14. The zero-order valence-electron chi connectivity index (χ0n) is 16.6. The van der Waals surface area contributed by atoms with Crippen LogP contribution in [0.3, 0.4) is 0 Å². The summed E-state index contributed by atoms with van der Waals surface area (Å²) in [6, 6.07) is 0. The normalized spacial score (nSPS) is 13.8. The third kappa shape index (κ3) is 14.5. The van der Waals surface area contributed by atoms with Gasteiger partial charge in [0, 0.05) is 0 Å². The van der Waals surface area contributed by atoms with E-state index in [-0.39, 0.29) is 37.0 Å². The monoisotopic (exact) mass is 342 g/mol. The fourth-order valence-electron chi connectivity index (χ4n) is 2.52. The molecule has 2 unspecified atom stereocenters. The van der Waals surface area contributed by atoms with Crippen molar-refractivity contribution in [1.82, 2.24) is 0 Å². The number of hydrogen-bond acceptors (Lipinski definition) is 4.